The summed E-state index contributed by atoms with van der Waals surface area (Å²) in [6, 6.07) is 8.29. The second-order valence-corrected chi connectivity index (χ2v) is 5.09. The van der Waals surface area contributed by atoms with Crippen LogP contribution in [-0.2, 0) is 17.8 Å². The minimum atomic E-state index is -0.0522. The fourth-order valence-electron chi connectivity index (χ4n) is 2.33. The lowest BCUT2D eigenvalue weighted by molar-refractivity contribution is -0.123. The Balaban J connectivity index is 1.60. The number of nitrogens with one attached hydrogen (secondary N) is 2. The van der Waals surface area contributed by atoms with Crippen molar-refractivity contribution < 1.29 is 4.79 Å². The third-order valence-electron chi connectivity index (χ3n) is 3.66. The van der Waals surface area contributed by atoms with Crippen LogP contribution in [0.25, 0.3) is 0 Å². The van der Waals surface area contributed by atoms with Gasteiger partial charge in [0.15, 0.2) is 0 Å². The molecule has 0 aromatic heterocycles. The van der Waals surface area contributed by atoms with E-state index in [1.165, 1.54) is 24.0 Å². The highest BCUT2D eigenvalue weighted by atomic mass is 16.2. The highest BCUT2D eigenvalue weighted by Crippen LogP contribution is 2.27. The highest BCUT2D eigenvalue weighted by molar-refractivity contribution is 5.82. The Bertz CT molecular complexity index is 426. The third-order valence-corrected chi connectivity index (χ3v) is 3.66. The lowest BCUT2D eigenvalue weighted by Crippen LogP contribution is -2.48. The van der Waals surface area contributed by atoms with Gasteiger partial charge in [0.1, 0.15) is 0 Å². The molecule has 90 valence electrons. The van der Waals surface area contributed by atoms with Crippen molar-refractivity contribution in [3.63, 3.8) is 0 Å². The maximum absolute atomic E-state index is 12.0. The molecular weight excluding hydrogens is 212 g/mol. The van der Waals surface area contributed by atoms with Crippen molar-refractivity contribution in [1.82, 2.24) is 10.6 Å². The fourth-order valence-corrected chi connectivity index (χ4v) is 2.33. The molecule has 3 heteroatoms. The Kier molecular flexibility index (Phi) is 2.85. The molecule has 1 aromatic carbocycles. The first-order valence-corrected chi connectivity index (χ1v) is 6.41. The highest BCUT2D eigenvalue weighted by Gasteiger charge is 2.26. The van der Waals surface area contributed by atoms with Crippen LogP contribution in [0.1, 0.15) is 24.0 Å². The first kappa shape index (κ1) is 10.8. The lowest BCUT2D eigenvalue weighted by Gasteiger charge is -2.25. The van der Waals surface area contributed by atoms with Crippen LogP contribution in [0.3, 0.4) is 0 Å². The molecule has 0 unspecified atom stereocenters. The zero-order valence-electron chi connectivity index (χ0n) is 9.91. The molecule has 0 spiro atoms. The molecule has 3 rings (SSSR count). The van der Waals surface area contributed by atoms with E-state index in [2.05, 4.69) is 22.8 Å². The first-order chi connectivity index (χ1) is 8.33. The number of amides is 1. The predicted octanol–water partition coefficient (Wildman–Crippen LogP) is 1.23. The second-order valence-electron chi connectivity index (χ2n) is 5.09. The van der Waals surface area contributed by atoms with Gasteiger partial charge in [-0.3, -0.25) is 4.79 Å². The molecule has 1 atom stereocenters. The van der Waals surface area contributed by atoms with Gasteiger partial charge in [-0.05, 0) is 36.3 Å². The summed E-state index contributed by atoms with van der Waals surface area (Å²) in [6.07, 6.45) is 3.37. The van der Waals surface area contributed by atoms with Gasteiger partial charge in [0, 0.05) is 13.1 Å². The van der Waals surface area contributed by atoms with E-state index in [0.29, 0.717) is 0 Å². The molecule has 1 heterocycles. The summed E-state index contributed by atoms with van der Waals surface area (Å²) in [5, 5.41) is 6.35. The van der Waals surface area contributed by atoms with Gasteiger partial charge in [0.25, 0.3) is 0 Å². The van der Waals surface area contributed by atoms with Crippen molar-refractivity contribution in [3.05, 3.63) is 35.4 Å². The number of carbonyl (C=O) groups excluding carboxylic acids is 1. The maximum Gasteiger partial charge on any atom is 0.237 e. The summed E-state index contributed by atoms with van der Waals surface area (Å²) < 4.78 is 0. The van der Waals surface area contributed by atoms with Crippen LogP contribution >= 0.6 is 0 Å². The molecule has 2 N–H and O–H groups in total. The normalized spacial score (nSPS) is 22.9. The van der Waals surface area contributed by atoms with Crippen molar-refractivity contribution in [2.24, 2.45) is 5.92 Å². The average Bonchev–Trinajstić information content (AvgIpc) is 3.19. The minimum Gasteiger partial charge on any atom is -0.354 e. The van der Waals surface area contributed by atoms with Crippen LogP contribution in [0.4, 0.5) is 0 Å². The minimum absolute atomic E-state index is 0.0522. The monoisotopic (exact) mass is 230 g/mol. The van der Waals surface area contributed by atoms with Gasteiger partial charge < -0.3 is 10.6 Å². The van der Waals surface area contributed by atoms with Crippen LogP contribution in [0.2, 0.25) is 0 Å². The van der Waals surface area contributed by atoms with Gasteiger partial charge in [-0.15, -0.1) is 0 Å². The number of carbonyl (C=O) groups is 1. The van der Waals surface area contributed by atoms with E-state index in [4.69, 9.17) is 0 Å². The zero-order valence-corrected chi connectivity index (χ0v) is 9.91. The second kappa shape index (κ2) is 4.49. The molecule has 1 aromatic rings. The molecule has 1 aliphatic heterocycles. The lowest BCUT2D eigenvalue weighted by atomic mass is 9.95. The topological polar surface area (TPSA) is 41.1 Å². The molecular formula is C14H18N2O. The molecule has 1 fully saturated rings. The van der Waals surface area contributed by atoms with Gasteiger partial charge >= 0.3 is 0 Å². The van der Waals surface area contributed by atoms with Gasteiger partial charge in [0.2, 0.25) is 5.91 Å². The number of benzene rings is 1. The molecule has 2 aliphatic rings. The van der Waals surface area contributed by atoms with Crippen LogP contribution in [0.15, 0.2) is 24.3 Å². The average molecular weight is 230 g/mol. The van der Waals surface area contributed by atoms with E-state index in [0.717, 1.165) is 25.4 Å². The van der Waals surface area contributed by atoms with Gasteiger partial charge in [-0.25, -0.2) is 0 Å². The predicted molar refractivity (Wildman–Crippen MR) is 66.5 cm³/mol. The summed E-state index contributed by atoms with van der Waals surface area (Å²) in [6.45, 7) is 1.66. The molecule has 17 heavy (non-hydrogen) atoms. The van der Waals surface area contributed by atoms with Crippen molar-refractivity contribution in [3.8, 4) is 0 Å². The molecule has 0 bridgehead atoms. The molecule has 0 saturated heterocycles. The van der Waals surface area contributed by atoms with Crippen molar-refractivity contribution in [1.29, 1.82) is 0 Å². The summed E-state index contributed by atoms with van der Waals surface area (Å²) in [7, 11) is 0. The fraction of sp³-hybridized carbons (Fsp3) is 0.500. The smallest absolute Gasteiger partial charge is 0.237 e. The van der Waals surface area contributed by atoms with Crippen LogP contribution in [0, 0.1) is 5.92 Å². The van der Waals surface area contributed by atoms with Crippen molar-refractivity contribution >= 4 is 5.91 Å². The number of hydrogen-bond donors (Lipinski definition) is 2. The SMILES string of the molecule is O=C(NCC1CC1)[C@@H]1Cc2ccccc2CN1. The van der Waals surface area contributed by atoms with E-state index in [1.54, 1.807) is 0 Å². The number of fused-ring (bicyclic) bond motifs is 1. The molecule has 1 saturated carbocycles. The van der Waals surface area contributed by atoms with E-state index in [1.807, 2.05) is 12.1 Å². The van der Waals surface area contributed by atoms with Crippen LogP contribution < -0.4 is 10.6 Å². The van der Waals surface area contributed by atoms with Gasteiger partial charge in [-0.1, -0.05) is 24.3 Å². The summed E-state index contributed by atoms with van der Waals surface area (Å²) >= 11 is 0. The molecule has 1 aliphatic carbocycles. The summed E-state index contributed by atoms with van der Waals surface area (Å²) in [5.74, 6) is 0.904. The third kappa shape index (κ3) is 2.50. The molecule has 0 radical (unpaired) electrons. The summed E-state index contributed by atoms with van der Waals surface area (Å²) in [4.78, 5) is 12.0. The van der Waals surface area contributed by atoms with Gasteiger partial charge in [-0.2, -0.15) is 0 Å². The van der Waals surface area contributed by atoms with Gasteiger partial charge in [0.05, 0.1) is 6.04 Å². The van der Waals surface area contributed by atoms with E-state index >= 15 is 0 Å². The van der Waals surface area contributed by atoms with Crippen LogP contribution in [-0.4, -0.2) is 18.5 Å². The summed E-state index contributed by atoms with van der Waals surface area (Å²) in [5.41, 5.74) is 2.62. The first-order valence-electron chi connectivity index (χ1n) is 6.41. The number of hydrogen-bond acceptors (Lipinski definition) is 2. The standard InChI is InChI=1S/C14H18N2O/c17-14(16-8-10-5-6-10)13-7-11-3-1-2-4-12(11)9-15-13/h1-4,10,13,15H,5-9H2,(H,16,17)/t13-/m0/s1. The quantitative estimate of drug-likeness (QED) is 0.820. The largest absolute Gasteiger partial charge is 0.354 e. The van der Waals surface area contributed by atoms with E-state index < -0.39 is 0 Å². The van der Waals surface area contributed by atoms with Crippen molar-refractivity contribution in [2.75, 3.05) is 6.54 Å². The maximum atomic E-state index is 12.0. The van der Waals surface area contributed by atoms with E-state index in [9.17, 15) is 4.79 Å². The Morgan fingerprint density at radius 3 is 2.82 bits per heavy atom. The van der Waals surface area contributed by atoms with Crippen LogP contribution in [0.5, 0.6) is 0 Å². The Morgan fingerprint density at radius 1 is 1.29 bits per heavy atom. The molecule has 3 nitrogen and oxygen atoms in total. The van der Waals surface area contributed by atoms with Crippen molar-refractivity contribution in [2.45, 2.75) is 31.8 Å². The molecule has 1 amide bonds. The Morgan fingerprint density at radius 2 is 2.06 bits per heavy atom. The Labute approximate surface area is 102 Å². The number of rotatable bonds is 3. The van der Waals surface area contributed by atoms with E-state index in [-0.39, 0.29) is 11.9 Å². The zero-order chi connectivity index (χ0) is 11.7. The Hall–Kier alpha value is -1.35.